The number of carbonyl (C=O) groups excluding carboxylic acids is 1. The second-order valence-corrected chi connectivity index (χ2v) is 9.50. The van der Waals surface area contributed by atoms with Crippen molar-refractivity contribution in [1.82, 2.24) is 4.98 Å². The van der Waals surface area contributed by atoms with Crippen molar-refractivity contribution in [3.05, 3.63) is 53.4 Å². The van der Waals surface area contributed by atoms with Gasteiger partial charge in [0, 0.05) is 23.8 Å². The molecule has 0 unspecified atom stereocenters. The van der Waals surface area contributed by atoms with Crippen LogP contribution in [0.1, 0.15) is 43.5 Å². The van der Waals surface area contributed by atoms with Crippen LogP contribution in [-0.4, -0.2) is 64.9 Å². The smallest absolute Gasteiger partial charge is 0.417 e. The van der Waals surface area contributed by atoms with Crippen LogP contribution in [0, 0.1) is 17.6 Å². The van der Waals surface area contributed by atoms with E-state index in [4.69, 9.17) is 19.3 Å². The number of anilines is 1. The Morgan fingerprint density at radius 1 is 1.29 bits per heavy atom. The quantitative estimate of drug-likeness (QED) is 0.455. The molecule has 0 aliphatic carbocycles. The summed E-state index contributed by atoms with van der Waals surface area (Å²) in [5.74, 6) is -7.00. The molecule has 208 valence electrons. The molecule has 1 aromatic heterocycles. The lowest BCUT2D eigenvalue weighted by Gasteiger charge is -2.32. The first kappa shape index (κ1) is 28.1. The fourth-order valence-corrected chi connectivity index (χ4v) is 4.71. The van der Waals surface area contributed by atoms with Crippen LogP contribution in [0.4, 0.5) is 27.6 Å². The fraction of sp³-hybridized carbons (Fsp3) is 0.520. The Kier molecular flexibility index (Phi) is 7.94. The van der Waals surface area contributed by atoms with Crippen molar-refractivity contribution in [2.75, 3.05) is 25.1 Å². The summed E-state index contributed by atoms with van der Waals surface area (Å²) in [4.78, 5) is 17.2. The topological polar surface area (TPSA) is 110 Å². The Labute approximate surface area is 214 Å². The number of carbonyl (C=O) groups is 1. The monoisotopic (exact) mass is 546 g/mol. The van der Waals surface area contributed by atoms with Gasteiger partial charge in [0.2, 0.25) is 5.82 Å². The number of rotatable bonds is 7. The van der Waals surface area contributed by atoms with Crippen molar-refractivity contribution in [2.45, 2.75) is 56.3 Å². The first-order valence-corrected chi connectivity index (χ1v) is 11.9. The lowest BCUT2D eigenvalue weighted by atomic mass is 9.77. The van der Waals surface area contributed by atoms with Crippen LogP contribution < -0.4 is 10.1 Å². The molecule has 3 N–H and O–H groups in total. The highest BCUT2D eigenvalue weighted by molar-refractivity contribution is 5.95. The average molecular weight is 546 g/mol. The van der Waals surface area contributed by atoms with Gasteiger partial charge in [-0.05, 0) is 25.1 Å². The predicted molar refractivity (Wildman–Crippen MR) is 122 cm³/mol. The third-order valence-electron chi connectivity index (χ3n) is 7.11. The van der Waals surface area contributed by atoms with Crippen LogP contribution in [0.25, 0.3) is 0 Å². The molecule has 2 saturated heterocycles. The molecule has 3 heterocycles. The first-order chi connectivity index (χ1) is 17.9. The fourth-order valence-electron chi connectivity index (χ4n) is 4.71. The minimum Gasteiger partial charge on any atom is -0.484 e. The zero-order chi connectivity index (χ0) is 27.8. The second-order valence-electron chi connectivity index (χ2n) is 9.50. The van der Waals surface area contributed by atoms with Crippen LogP contribution in [-0.2, 0) is 14.3 Å². The van der Waals surface area contributed by atoms with Gasteiger partial charge in [-0.2, -0.15) is 17.6 Å². The molecule has 2 fully saturated rings. The summed E-state index contributed by atoms with van der Waals surface area (Å²) < 4.78 is 88.0. The number of halogens is 5. The van der Waals surface area contributed by atoms with Crippen molar-refractivity contribution >= 4 is 11.6 Å². The van der Waals surface area contributed by atoms with Crippen molar-refractivity contribution < 1.29 is 51.2 Å². The molecule has 0 saturated carbocycles. The third-order valence-corrected chi connectivity index (χ3v) is 7.11. The van der Waals surface area contributed by atoms with E-state index in [9.17, 15) is 31.9 Å². The molecule has 38 heavy (non-hydrogen) atoms. The van der Waals surface area contributed by atoms with Gasteiger partial charge in [-0.15, -0.1) is 0 Å². The molecular weight excluding hydrogens is 519 g/mol. The van der Waals surface area contributed by atoms with Crippen LogP contribution in [0.3, 0.4) is 0 Å². The normalized spacial score (nSPS) is 28.3. The molecule has 0 spiro atoms. The van der Waals surface area contributed by atoms with Gasteiger partial charge < -0.3 is 29.7 Å². The van der Waals surface area contributed by atoms with Crippen LogP contribution in [0.2, 0.25) is 0 Å². The van der Waals surface area contributed by atoms with Gasteiger partial charge in [0.05, 0.1) is 37.4 Å². The number of aliphatic hydroxyl groups is 2. The molecule has 13 heteroatoms. The maximum atomic E-state index is 15.0. The maximum absolute atomic E-state index is 15.0. The Hall–Kier alpha value is -2.87. The lowest BCUT2D eigenvalue weighted by Crippen LogP contribution is -2.47. The average Bonchev–Trinajstić information content (AvgIpc) is 3.49. The number of alkyl halides is 3. The van der Waals surface area contributed by atoms with E-state index in [0.717, 1.165) is 25.3 Å². The van der Waals surface area contributed by atoms with Gasteiger partial charge in [-0.1, -0.05) is 13.0 Å². The van der Waals surface area contributed by atoms with E-state index in [0.29, 0.717) is 13.0 Å². The zero-order valence-corrected chi connectivity index (χ0v) is 20.5. The number of nitrogens with zero attached hydrogens (tertiary/aromatic N) is 1. The summed E-state index contributed by atoms with van der Waals surface area (Å²) in [7, 11) is 0. The highest BCUT2D eigenvalue weighted by Gasteiger charge is 2.66. The predicted octanol–water partition coefficient (Wildman–Crippen LogP) is 3.63. The van der Waals surface area contributed by atoms with E-state index in [1.54, 1.807) is 0 Å². The number of benzene rings is 1. The highest BCUT2D eigenvalue weighted by atomic mass is 19.4. The first-order valence-electron chi connectivity index (χ1n) is 11.9. The minimum atomic E-state index is -4.90. The summed E-state index contributed by atoms with van der Waals surface area (Å²) in [6.45, 7) is 1.84. The van der Waals surface area contributed by atoms with Crippen molar-refractivity contribution in [1.29, 1.82) is 0 Å². The maximum Gasteiger partial charge on any atom is 0.417 e. The molecule has 2 aliphatic rings. The number of hydrogen-bond acceptors (Lipinski definition) is 7. The summed E-state index contributed by atoms with van der Waals surface area (Å²) in [5.41, 5.74) is -2.76. The standard InChI is InChI=1S/C25H27F5N2O6/c1-12-19(15-4-5-16(26)20(27)21(15)37-14-7-8-36-11-14)22(38-24(12,2)25(28,29)30)23(35)32-13-3-6-17(31-9-13)18(34)10-33/h3-6,9,12,14,18-19,22,33-34H,7-8,10-11H2,1-2H3,(H,32,35)/t12-,14+,18-,19-,22+,24+/m0/s1. The number of ether oxygens (including phenoxy) is 3. The number of amides is 1. The molecule has 4 rings (SSSR count). The summed E-state index contributed by atoms with van der Waals surface area (Å²) in [5, 5.41) is 21.1. The molecule has 1 amide bonds. The third kappa shape index (κ3) is 5.20. The largest absolute Gasteiger partial charge is 0.484 e. The molecule has 6 atom stereocenters. The summed E-state index contributed by atoms with van der Waals surface area (Å²) >= 11 is 0. The minimum absolute atomic E-state index is 0.0735. The van der Waals surface area contributed by atoms with Gasteiger partial charge in [-0.3, -0.25) is 9.78 Å². The van der Waals surface area contributed by atoms with E-state index in [1.165, 1.54) is 19.1 Å². The highest BCUT2D eigenvalue weighted by Crippen LogP contribution is 2.55. The van der Waals surface area contributed by atoms with Crippen molar-refractivity contribution in [3.63, 3.8) is 0 Å². The molecule has 1 aromatic carbocycles. The van der Waals surface area contributed by atoms with Crippen molar-refractivity contribution in [2.24, 2.45) is 5.92 Å². The van der Waals surface area contributed by atoms with Gasteiger partial charge >= 0.3 is 6.18 Å². The number of aliphatic hydroxyl groups excluding tert-OH is 2. The van der Waals surface area contributed by atoms with Gasteiger partial charge in [-0.25, -0.2) is 4.39 Å². The molecule has 2 aromatic rings. The summed E-state index contributed by atoms with van der Waals surface area (Å²) in [6.07, 6.45) is -7.07. The number of hydrogen-bond donors (Lipinski definition) is 3. The molecule has 0 radical (unpaired) electrons. The van der Waals surface area contributed by atoms with Crippen LogP contribution >= 0.6 is 0 Å². The van der Waals surface area contributed by atoms with E-state index in [1.807, 2.05) is 0 Å². The van der Waals surface area contributed by atoms with Crippen LogP contribution in [0.5, 0.6) is 5.75 Å². The van der Waals surface area contributed by atoms with E-state index in [-0.39, 0.29) is 23.6 Å². The van der Waals surface area contributed by atoms with Gasteiger partial charge in [0.15, 0.2) is 17.2 Å². The molecular formula is C25H27F5N2O6. The molecule has 8 nitrogen and oxygen atoms in total. The Bertz CT molecular complexity index is 1160. The Balaban J connectivity index is 1.72. The SMILES string of the molecule is C[C@H]1[C@@H](c2ccc(F)c(F)c2O[C@@H]2CCOC2)[C@H](C(=O)Nc2ccc([C@@H](O)CO)nc2)O[C@@]1(C)C(F)(F)F. The zero-order valence-electron chi connectivity index (χ0n) is 20.5. The van der Waals surface area contributed by atoms with E-state index in [2.05, 4.69) is 10.3 Å². The van der Waals surface area contributed by atoms with E-state index >= 15 is 0 Å². The second kappa shape index (κ2) is 10.7. The van der Waals surface area contributed by atoms with Gasteiger partial charge in [0.1, 0.15) is 18.3 Å². The number of pyridine rings is 1. The number of aromatic nitrogens is 1. The Morgan fingerprint density at radius 2 is 2.03 bits per heavy atom. The van der Waals surface area contributed by atoms with E-state index < -0.39 is 71.8 Å². The van der Waals surface area contributed by atoms with Crippen LogP contribution in [0.15, 0.2) is 30.5 Å². The van der Waals surface area contributed by atoms with Crippen molar-refractivity contribution in [3.8, 4) is 5.75 Å². The molecule has 2 aliphatic heterocycles. The Morgan fingerprint density at radius 3 is 2.61 bits per heavy atom. The number of nitrogens with one attached hydrogen (secondary N) is 1. The molecule has 0 bridgehead atoms. The van der Waals surface area contributed by atoms with Gasteiger partial charge in [0.25, 0.3) is 5.91 Å². The lowest BCUT2D eigenvalue weighted by molar-refractivity contribution is -0.272. The summed E-state index contributed by atoms with van der Waals surface area (Å²) in [6, 6.07) is 4.52.